The van der Waals surface area contributed by atoms with Gasteiger partial charge < -0.3 is 10.0 Å². The van der Waals surface area contributed by atoms with E-state index in [2.05, 4.69) is 9.88 Å². The number of carbonyl (C=O) groups excluding carboxylic acids is 1. The molecule has 1 fully saturated rings. The van der Waals surface area contributed by atoms with E-state index in [0.29, 0.717) is 18.4 Å². The van der Waals surface area contributed by atoms with Crippen molar-refractivity contribution in [3.8, 4) is 5.75 Å². The predicted octanol–water partition coefficient (Wildman–Crippen LogP) is 3.39. The van der Waals surface area contributed by atoms with Gasteiger partial charge >= 0.3 is 0 Å². The molecular weight excluding hydrogens is 314 g/mol. The van der Waals surface area contributed by atoms with E-state index >= 15 is 0 Å². The van der Waals surface area contributed by atoms with E-state index in [1.807, 2.05) is 19.1 Å². The van der Waals surface area contributed by atoms with Crippen molar-refractivity contribution in [3.63, 3.8) is 0 Å². The maximum Gasteiger partial charge on any atom is 0.225 e. The highest BCUT2D eigenvalue weighted by Crippen LogP contribution is 2.37. The van der Waals surface area contributed by atoms with Gasteiger partial charge in [-0.15, -0.1) is 0 Å². The smallest absolute Gasteiger partial charge is 0.225 e. The summed E-state index contributed by atoms with van der Waals surface area (Å²) in [5.41, 5.74) is 3.13. The van der Waals surface area contributed by atoms with Crippen molar-refractivity contribution in [2.75, 3.05) is 18.0 Å². The van der Waals surface area contributed by atoms with Crippen LogP contribution in [0.1, 0.15) is 58.9 Å². The number of Topliss-reactive ketones (excluding diaryl/α,β-unsaturated/α-hetero) is 1. The van der Waals surface area contributed by atoms with Crippen molar-refractivity contribution in [3.05, 3.63) is 46.8 Å². The molecule has 0 bridgehead atoms. The number of para-hydroxylation sites is 1. The minimum Gasteiger partial charge on any atom is -0.508 e. The number of hydrogen-bond donors (Lipinski definition) is 1. The quantitative estimate of drug-likeness (QED) is 0.910. The van der Waals surface area contributed by atoms with Crippen molar-refractivity contribution in [2.45, 2.75) is 44.9 Å². The number of hydrogen-bond acceptors (Lipinski definition) is 5. The number of carbonyl (C=O) groups is 1. The van der Waals surface area contributed by atoms with Gasteiger partial charge in [0.15, 0.2) is 5.78 Å². The maximum absolute atomic E-state index is 12.7. The van der Waals surface area contributed by atoms with Crippen LogP contribution in [0.25, 0.3) is 0 Å². The monoisotopic (exact) mass is 337 g/mol. The van der Waals surface area contributed by atoms with Gasteiger partial charge in [-0.25, -0.2) is 9.97 Å². The van der Waals surface area contributed by atoms with Gasteiger partial charge in [0.05, 0.1) is 17.0 Å². The summed E-state index contributed by atoms with van der Waals surface area (Å²) in [7, 11) is 0. The van der Waals surface area contributed by atoms with Gasteiger partial charge in [0.2, 0.25) is 5.95 Å². The van der Waals surface area contributed by atoms with E-state index in [9.17, 15) is 9.90 Å². The first-order chi connectivity index (χ1) is 12.1. The van der Waals surface area contributed by atoms with Gasteiger partial charge in [0, 0.05) is 25.4 Å². The lowest BCUT2D eigenvalue weighted by Gasteiger charge is -2.30. The minimum atomic E-state index is -0.0234. The Hall–Kier alpha value is -2.43. The van der Waals surface area contributed by atoms with Crippen molar-refractivity contribution in [1.29, 1.82) is 0 Å². The van der Waals surface area contributed by atoms with Crippen LogP contribution in [0.15, 0.2) is 24.3 Å². The molecule has 130 valence electrons. The second-order valence-electron chi connectivity index (χ2n) is 7.07. The van der Waals surface area contributed by atoms with Crippen LogP contribution >= 0.6 is 0 Å². The molecule has 1 N–H and O–H groups in total. The van der Waals surface area contributed by atoms with E-state index < -0.39 is 0 Å². The molecule has 1 aromatic heterocycles. The number of phenolic OH excluding ortho intramolecular Hbond substituents is 1. The Morgan fingerprint density at radius 2 is 1.84 bits per heavy atom. The highest BCUT2D eigenvalue weighted by molar-refractivity contribution is 5.99. The SMILES string of the molecule is Cc1nc(N2CCCCC2)nc2c1C(=O)C[C@@H](c1ccccc1O)C2. The fraction of sp³-hybridized carbons (Fsp3) is 0.450. The number of nitrogens with zero attached hydrogens (tertiary/aromatic N) is 3. The normalized spacial score (nSPS) is 20.4. The number of phenols is 1. The average Bonchev–Trinajstić information content (AvgIpc) is 2.62. The second-order valence-corrected chi connectivity index (χ2v) is 7.07. The summed E-state index contributed by atoms with van der Waals surface area (Å²) < 4.78 is 0. The van der Waals surface area contributed by atoms with Crippen LogP contribution in [0, 0.1) is 6.92 Å². The Labute approximate surface area is 147 Å². The number of fused-ring (bicyclic) bond motifs is 1. The first-order valence-electron chi connectivity index (χ1n) is 9.07. The summed E-state index contributed by atoms with van der Waals surface area (Å²) in [4.78, 5) is 24.3. The Morgan fingerprint density at radius 1 is 1.08 bits per heavy atom. The zero-order chi connectivity index (χ0) is 17.4. The van der Waals surface area contributed by atoms with E-state index in [4.69, 9.17) is 4.98 Å². The van der Waals surface area contributed by atoms with Crippen LogP contribution in [0.5, 0.6) is 5.75 Å². The van der Waals surface area contributed by atoms with Crippen molar-refractivity contribution in [1.82, 2.24) is 9.97 Å². The molecule has 4 rings (SSSR count). The molecule has 1 saturated heterocycles. The number of piperidine rings is 1. The molecule has 0 unspecified atom stereocenters. The van der Waals surface area contributed by atoms with Gasteiger partial charge in [-0.2, -0.15) is 0 Å². The Balaban J connectivity index is 1.70. The summed E-state index contributed by atoms with van der Waals surface area (Å²) in [5.74, 6) is 1.06. The molecule has 2 aromatic rings. The van der Waals surface area contributed by atoms with Crippen molar-refractivity contribution >= 4 is 11.7 Å². The second kappa shape index (κ2) is 6.47. The molecule has 25 heavy (non-hydrogen) atoms. The molecule has 1 aliphatic heterocycles. The maximum atomic E-state index is 12.7. The number of rotatable bonds is 2. The van der Waals surface area contributed by atoms with Crippen molar-refractivity contribution in [2.24, 2.45) is 0 Å². The number of benzene rings is 1. The number of ketones is 1. The summed E-state index contributed by atoms with van der Waals surface area (Å²) in [5, 5.41) is 10.2. The molecule has 1 aromatic carbocycles. The largest absolute Gasteiger partial charge is 0.508 e. The number of aromatic hydroxyl groups is 1. The Morgan fingerprint density at radius 3 is 2.60 bits per heavy atom. The molecule has 2 aliphatic rings. The highest BCUT2D eigenvalue weighted by Gasteiger charge is 2.31. The lowest BCUT2D eigenvalue weighted by Crippen LogP contribution is -2.32. The third kappa shape index (κ3) is 2.99. The third-order valence-corrected chi connectivity index (χ3v) is 5.32. The zero-order valence-electron chi connectivity index (χ0n) is 14.5. The van der Waals surface area contributed by atoms with Gasteiger partial charge in [0.1, 0.15) is 5.75 Å². The lowest BCUT2D eigenvalue weighted by molar-refractivity contribution is 0.0961. The fourth-order valence-electron chi connectivity index (χ4n) is 4.05. The number of aryl methyl sites for hydroxylation is 1. The molecule has 0 saturated carbocycles. The van der Waals surface area contributed by atoms with E-state index in [1.165, 1.54) is 19.3 Å². The first-order valence-corrected chi connectivity index (χ1v) is 9.07. The van der Waals surface area contributed by atoms with Gasteiger partial charge in [0.25, 0.3) is 0 Å². The number of aromatic nitrogens is 2. The van der Waals surface area contributed by atoms with Gasteiger partial charge in [-0.3, -0.25) is 4.79 Å². The lowest BCUT2D eigenvalue weighted by atomic mass is 9.81. The molecule has 2 heterocycles. The molecule has 0 amide bonds. The molecule has 1 atom stereocenters. The van der Waals surface area contributed by atoms with E-state index in [0.717, 1.165) is 36.0 Å². The van der Waals surface area contributed by atoms with Crippen LogP contribution in [-0.2, 0) is 6.42 Å². The van der Waals surface area contributed by atoms with E-state index in [1.54, 1.807) is 12.1 Å². The number of anilines is 1. The van der Waals surface area contributed by atoms with Crippen LogP contribution in [0.4, 0.5) is 5.95 Å². The minimum absolute atomic E-state index is 0.0234. The summed E-state index contributed by atoms with van der Waals surface area (Å²) in [6, 6.07) is 7.29. The van der Waals surface area contributed by atoms with Crippen LogP contribution in [0.3, 0.4) is 0 Å². The predicted molar refractivity (Wildman–Crippen MR) is 96.3 cm³/mol. The van der Waals surface area contributed by atoms with Crippen LogP contribution < -0.4 is 4.90 Å². The molecule has 0 spiro atoms. The van der Waals surface area contributed by atoms with E-state index in [-0.39, 0.29) is 17.5 Å². The highest BCUT2D eigenvalue weighted by atomic mass is 16.3. The molecular formula is C20H23N3O2. The molecule has 0 radical (unpaired) electrons. The molecule has 5 nitrogen and oxygen atoms in total. The first kappa shape index (κ1) is 16.1. The average molecular weight is 337 g/mol. The standard InChI is InChI=1S/C20H23N3O2/c1-13-19-16(22-20(21-13)23-9-5-2-6-10-23)11-14(12-18(19)25)15-7-3-4-8-17(15)24/h3-4,7-8,14,24H,2,5-6,9-12H2,1H3/t14-/m0/s1. The molecule has 5 heteroatoms. The van der Waals surface area contributed by atoms with Crippen LogP contribution in [-0.4, -0.2) is 33.9 Å². The van der Waals surface area contributed by atoms with Gasteiger partial charge in [-0.05, 0) is 44.2 Å². The molecule has 1 aliphatic carbocycles. The topological polar surface area (TPSA) is 66.3 Å². The Kier molecular flexibility index (Phi) is 4.15. The van der Waals surface area contributed by atoms with Crippen molar-refractivity contribution < 1.29 is 9.90 Å². The third-order valence-electron chi connectivity index (χ3n) is 5.32. The summed E-state index contributed by atoms with van der Waals surface area (Å²) in [6.07, 6.45) is 4.66. The Bertz CT molecular complexity index is 813. The zero-order valence-corrected chi connectivity index (χ0v) is 14.5. The van der Waals surface area contributed by atoms with Gasteiger partial charge in [-0.1, -0.05) is 18.2 Å². The summed E-state index contributed by atoms with van der Waals surface area (Å²) >= 11 is 0. The fourth-order valence-corrected chi connectivity index (χ4v) is 4.05. The van der Waals surface area contributed by atoms with Crippen LogP contribution in [0.2, 0.25) is 0 Å². The summed E-state index contributed by atoms with van der Waals surface area (Å²) in [6.45, 7) is 3.87.